The first kappa shape index (κ1) is 24.7. The van der Waals surface area contributed by atoms with Gasteiger partial charge in [0.25, 0.3) is 5.91 Å². The summed E-state index contributed by atoms with van der Waals surface area (Å²) in [5.41, 5.74) is 1.98. The van der Waals surface area contributed by atoms with Gasteiger partial charge in [-0.05, 0) is 49.4 Å². The molecule has 2 amide bonds. The Hall–Kier alpha value is -1.92. The van der Waals surface area contributed by atoms with E-state index in [2.05, 4.69) is 50.0 Å². The van der Waals surface area contributed by atoms with Gasteiger partial charge in [-0.25, -0.2) is 0 Å². The zero-order valence-corrected chi connectivity index (χ0v) is 20.5. The second-order valence-electron chi connectivity index (χ2n) is 10.4. The van der Waals surface area contributed by atoms with E-state index in [9.17, 15) is 9.59 Å². The van der Waals surface area contributed by atoms with Crippen molar-refractivity contribution in [3.63, 3.8) is 0 Å². The van der Waals surface area contributed by atoms with Gasteiger partial charge in [0.05, 0.1) is 0 Å². The summed E-state index contributed by atoms with van der Waals surface area (Å²) in [6.45, 7) is 15.1. The SMILES string of the molecule is C[C@H]1CCCCN1CCN(CCC(=O)N1CCNCC1)C(=O)c1ccc(C(C)(C)C)cc1. The third kappa shape index (κ3) is 6.79. The van der Waals surface area contributed by atoms with Crippen molar-refractivity contribution in [2.24, 2.45) is 0 Å². The molecule has 0 unspecified atom stereocenters. The van der Waals surface area contributed by atoms with Gasteiger partial charge in [-0.3, -0.25) is 14.5 Å². The molecule has 1 N–H and O–H groups in total. The van der Waals surface area contributed by atoms with E-state index in [0.717, 1.165) is 39.3 Å². The maximum absolute atomic E-state index is 13.4. The maximum atomic E-state index is 13.4. The zero-order chi connectivity index (χ0) is 23.1. The van der Waals surface area contributed by atoms with Gasteiger partial charge in [0.1, 0.15) is 0 Å². The van der Waals surface area contributed by atoms with E-state index in [4.69, 9.17) is 0 Å². The van der Waals surface area contributed by atoms with Crippen molar-refractivity contribution in [1.29, 1.82) is 0 Å². The van der Waals surface area contributed by atoms with Crippen molar-refractivity contribution in [3.8, 4) is 0 Å². The van der Waals surface area contributed by atoms with Gasteiger partial charge in [0, 0.05) is 63.8 Å². The number of carbonyl (C=O) groups excluding carboxylic acids is 2. The van der Waals surface area contributed by atoms with Crippen molar-refractivity contribution in [2.45, 2.75) is 64.8 Å². The van der Waals surface area contributed by atoms with Crippen molar-refractivity contribution in [3.05, 3.63) is 35.4 Å². The molecule has 32 heavy (non-hydrogen) atoms. The average molecular weight is 443 g/mol. The molecule has 178 valence electrons. The lowest BCUT2D eigenvalue weighted by Crippen LogP contribution is -2.48. The molecule has 0 aromatic heterocycles. The molecule has 1 aromatic rings. The molecule has 1 aromatic carbocycles. The number of rotatable bonds is 7. The van der Waals surface area contributed by atoms with Crippen molar-refractivity contribution in [1.82, 2.24) is 20.0 Å². The van der Waals surface area contributed by atoms with Crippen LogP contribution in [0.1, 0.15) is 69.3 Å². The van der Waals surface area contributed by atoms with E-state index in [-0.39, 0.29) is 17.2 Å². The highest BCUT2D eigenvalue weighted by Gasteiger charge is 2.24. The number of hydrogen-bond acceptors (Lipinski definition) is 4. The van der Waals surface area contributed by atoms with E-state index in [0.29, 0.717) is 31.1 Å². The molecule has 1 atom stereocenters. The molecule has 0 aliphatic carbocycles. The third-order valence-electron chi connectivity index (χ3n) is 6.95. The molecular weight excluding hydrogens is 400 g/mol. The molecule has 0 saturated carbocycles. The molecule has 2 fully saturated rings. The first-order valence-corrected chi connectivity index (χ1v) is 12.4. The average Bonchev–Trinajstić information content (AvgIpc) is 2.79. The van der Waals surface area contributed by atoms with Crippen LogP contribution in [0.25, 0.3) is 0 Å². The summed E-state index contributed by atoms with van der Waals surface area (Å²) in [5, 5.41) is 3.29. The van der Waals surface area contributed by atoms with Crippen LogP contribution < -0.4 is 5.32 Å². The molecule has 0 spiro atoms. The van der Waals surface area contributed by atoms with Gasteiger partial charge in [-0.15, -0.1) is 0 Å². The number of piperidine rings is 1. The Balaban J connectivity index is 1.66. The second kappa shape index (κ2) is 11.3. The molecule has 0 radical (unpaired) electrons. The fourth-order valence-electron chi connectivity index (χ4n) is 4.65. The lowest BCUT2D eigenvalue weighted by molar-refractivity contribution is -0.131. The summed E-state index contributed by atoms with van der Waals surface area (Å²) in [4.78, 5) is 32.5. The lowest BCUT2D eigenvalue weighted by atomic mass is 9.86. The Kier molecular flexibility index (Phi) is 8.72. The highest BCUT2D eigenvalue weighted by molar-refractivity contribution is 5.94. The number of nitrogens with one attached hydrogen (secondary N) is 1. The molecule has 2 heterocycles. The fourth-order valence-corrected chi connectivity index (χ4v) is 4.65. The number of likely N-dealkylation sites (tertiary alicyclic amines) is 1. The Morgan fingerprint density at radius 2 is 1.72 bits per heavy atom. The summed E-state index contributed by atoms with van der Waals surface area (Å²) >= 11 is 0. The van der Waals surface area contributed by atoms with Gasteiger partial charge in [0.2, 0.25) is 5.91 Å². The Morgan fingerprint density at radius 3 is 2.34 bits per heavy atom. The van der Waals surface area contributed by atoms with E-state index >= 15 is 0 Å². The van der Waals surface area contributed by atoms with Crippen molar-refractivity contribution < 1.29 is 9.59 Å². The number of carbonyl (C=O) groups is 2. The molecular formula is C26H42N4O2. The Labute approximate surface area is 194 Å². The van der Waals surface area contributed by atoms with Gasteiger partial charge < -0.3 is 15.1 Å². The van der Waals surface area contributed by atoms with E-state index in [1.165, 1.54) is 24.8 Å². The fraction of sp³-hybridized carbons (Fsp3) is 0.692. The molecule has 2 saturated heterocycles. The van der Waals surface area contributed by atoms with Crippen molar-refractivity contribution in [2.75, 3.05) is 52.4 Å². The van der Waals surface area contributed by atoms with Gasteiger partial charge in [-0.2, -0.15) is 0 Å². The van der Waals surface area contributed by atoms with Crippen molar-refractivity contribution >= 4 is 11.8 Å². The van der Waals surface area contributed by atoms with Gasteiger partial charge in [0.15, 0.2) is 0 Å². The van der Waals surface area contributed by atoms with E-state index in [1.54, 1.807) is 0 Å². The number of piperazine rings is 1. The van der Waals surface area contributed by atoms with Crippen LogP contribution in [-0.2, 0) is 10.2 Å². The third-order valence-corrected chi connectivity index (χ3v) is 6.95. The highest BCUT2D eigenvalue weighted by atomic mass is 16.2. The largest absolute Gasteiger partial charge is 0.340 e. The minimum absolute atomic E-state index is 0.0308. The molecule has 2 aliphatic rings. The molecule has 2 aliphatic heterocycles. The predicted molar refractivity (Wildman–Crippen MR) is 130 cm³/mol. The number of benzene rings is 1. The predicted octanol–water partition coefficient (Wildman–Crippen LogP) is 3.12. The quantitative estimate of drug-likeness (QED) is 0.705. The molecule has 0 bridgehead atoms. The van der Waals surface area contributed by atoms with Crippen LogP contribution in [0.4, 0.5) is 0 Å². The molecule has 6 heteroatoms. The van der Waals surface area contributed by atoms with E-state index < -0.39 is 0 Å². The Morgan fingerprint density at radius 1 is 1.03 bits per heavy atom. The Bertz CT molecular complexity index is 750. The summed E-state index contributed by atoms with van der Waals surface area (Å²) in [6.07, 6.45) is 4.14. The monoisotopic (exact) mass is 442 g/mol. The zero-order valence-electron chi connectivity index (χ0n) is 20.5. The van der Waals surface area contributed by atoms with Gasteiger partial charge in [-0.1, -0.05) is 39.3 Å². The molecule has 6 nitrogen and oxygen atoms in total. The standard InChI is InChI=1S/C26H42N4O2/c1-21-7-5-6-15-28(21)19-20-30(16-12-24(31)29-17-13-27-14-18-29)25(32)22-8-10-23(11-9-22)26(2,3)4/h8-11,21,27H,5-7,12-20H2,1-4H3/t21-/m0/s1. The minimum Gasteiger partial charge on any atom is -0.340 e. The first-order valence-electron chi connectivity index (χ1n) is 12.4. The minimum atomic E-state index is 0.0308. The van der Waals surface area contributed by atoms with Crippen LogP contribution in [0.5, 0.6) is 0 Å². The second-order valence-corrected chi connectivity index (χ2v) is 10.4. The smallest absolute Gasteiger partial charge is 0.253 e. The summed E-state index contributed by atoms with van der Waals surface area (Å²) < 4.78 is 0. The normalized spacial score (nSPS) is 20.2. The van der Waals surface area contributed by atoms with Crippen LogP contribution >= 0.6 is 0 Å². The summed E-state index contributed by atoms with van der Waals surface area (Å²) in [7, 11) is 0. The maximum Gasteiger partial charge on any atom is 0.253 e. The highest BCUT2D eigenvalue weighted by Crippen LogP contribution is 2.23. The molecule has 3 rings (SSSR count). The van der Waals surface area contributed by atoms with Crippen LogP contribution in [0.15, 0.2) is 24.3 Å². The van der Waals surface area contributed by atoms with Crippen LogP contribution in [0.3, 0.4) is 0 Å². The van der Waals surface area contributed by atoms with Crippen LogP contribution in [0.2, 0.25) is 0 Å². The number of hydrogen-bond donors (Lipinski definition) is 1. The lowest BCUT2D eigenvalue weighted by Gasteiger charge is -2.35. The van der Waals surface area contributed by atoms with Gasteiger partial charge >= 0.3 is 0 Å². The summed E-state index contributed by atoms with van der Waals surface area (Å²) in [6, 6.07) is 8.57. The van der Waals surface area contributed by atoms with Crippen LogP contribution in [-0.4, -0.2) is 84.9 Å². The van der Waals surface area contributed by atoms with E-state index in [1.807, 2.05) is 21.9 Å². The topological polar surface area (TPSA) is 55.9 Å². The number of amides is 2. The van der Waals surface area contributed by atoms with Crippen LogP contribution in [0, 0.1) is 0 Å². The first-order chi connectivity index (χ1) is 15.3. The summed E-state index contributed by atoms with van der Waals surface area (Å²) in [5.74, 6) is 0.182. The number of nitrogens with zero attached hydrogens (tertiary/aromatic N) is 3.